The minimum Gasteiger partial charge on any atom is -0.388 e. The second-order valence-electron chi connectivity index (χ2n) is 4.57. The first-order valence-electron chi connectivity index (χ1n) is 6.55. The van der Waals surface area contributed by atoms with Crippen molar-refractivity contribution in [2.75, 3.05) is 37.7 Å². The van der Waals surface area contributed by atoms with Crippen molar-refractivity contribution in [1.82, 2.24) is 14.6 Å². The lowest BCUT2D eigenvalue weighted by Crippen LogP contribution is -2.39. The Morgan fingerprint density at radius 2 is 2.19 bits per heavy atom. The van der Waals surface area contributed by atoms with Crippen LogP contribution in [-0.4, -0.2) is 61.0 Å². The summed E-state index contributed by atoms with van der Waals surface area (Å²) in [4.78, 5) is 6.20. The van der Waals surface area contributed by atoms with Gasteiger partial charge in [-0.05, 0) is 12.1 Å². The fourth-order valence-electron chi connectivity index (χ4n) is 2.03. The molecule has 1 aliphatic rings. The Balaban J connectivity index is 2.00. The minimum atomic E-state index is -3.65. The number of hydrogen-bond donors (Lipinski definition) is 2. The van der Waals surface area contributed by atoms with E-state index in [0.717, 1.165) is 24.6 Å². The highest BCUT2D eigenvalue weighted by Crippen LogP contribution is 2.13. The average Bonchev–Trinajstić information content (AvgIpc) is 2.48. The third-order valence-corrected chi connectivity index (χ3v) is 5.75. The molecule has 1 aliphatic heterocycles. The number of sulfonamides is 1. The Kier molecular flexibility index (Phi) is 5.94. The molecule has 2 heterocycles. The van der Waals surface area contributed by atoms with Gasteiger partial charge in [0.05, 0.1) is 0 Å². The number of rotatable bonds is 6. The highest BCUT2D eigenvalue weighted by molar-refractivity contribution is 7.99. The molecule has 9 heteroatoms. The van der Waals surface area contributed by atoms with Crippen LogP contribution in [0, 0.1) is 0 Å². The van der Waals surface area contributed by atoms with E-state index in [1.54, 1.807) is 6.07 Å². The molecule has 1 fully saturated rings. The summed E-state index contributed by atoms with van der Waals surface area (Å²) in [6.07, 6.45) is 1.47. The number of nitrogens with zero attached hydrogens (tertiary/aromatic N) is 2. The van der Waals surface area contributed by atoms with Gasteiger partial charge in [0.25, 0.3) is 0 Å². The minimum absolute atomic E-state index is 0.0240. The summed E-state index contributed by atoms with van der Waals surface area (Å²) in [6.45, 7) is 3.05. The first-order chi connectivity index (χ1) is 10.0. The van der Waals surface area contributed by atoms with Gasteiger partial charge in [-0.1, -0.05) is 12.2 Å². The molecule has 116 valence electrons. The summed E-state index contributed by atoms with van der Waals surface area (Å²) in [6, 6.07) is 3.01. The highest BCUT2D eigenvalue weighted by atomic mass is 32.2. The summed E-state index contributed by atoms with van der Waals surface area (Å²) in [7, 11) is -3.65. The lowest BCUT2D eigenvalue weighted by molar-refractivity contribution is 0.307. The van der Waals surface area contributed by atoms with E-state index in [-0.39, 0.29) is 15.6 Å². The van der Waals surface area contributed by atoms with Gasteiger partial charge >= 0.3 is 0 Å². The van der Waals surface area contributed by atoms with Crippen LogP contribution in [0.3, 0.4) is 0 Å². The second-order valence-corrected chi connectivity index (χ2v) is 7.97. The highest BCUT2D eigenvalue weighted by Gasteiger charge is 2.20. The molecular weight excluding hydrogens is 328 g/mol. The Bertz CT molecular complexity index is 600. The standard InChI is InChI=1S/C12H18N4O2S3/c13-12(19)11-10(2-1-3-14-11)21(17,18)15-4-5-16-6-8-20-9-7-16/h1-3,15H,4-9H2,(H2,13,19). The molecule has 0 spiro atoms. The van der Waals surface area contributed by atoms with E-state index in [2.05, 4.69) is 14.6 Å². The van der Waals surface area contributed by atoms with Gasteiger partial charge in [-0.3, -0.25) is 4.98 Å². The predicted molar refractivity (Wildman–Crippen MR) is 89.1 cm³/mol. The van der Waals surface area contributed by atoms with Crippen molar-refractivity contribution in [3.8, 4) is 0 Å². The van der Waals surface area contributed by atoms with Crippen LogP contribution in [0.1, 0.15) is 5.69 Å². The van der Waals surface area contributed by atoms with Crippen LogP contribution >= 0.6 is 24.0 Å². The van der Waals surface area contributed by atoms with E-state index in [1.807, 2.05) is 11.8 Å². The van der Waals surface area contributed by atoms with E-state index < -0.39 is 10.0 Å². The fraction of sp³-hybridized carbons (Fsp3) is 0.500. The van der Waals surface area contributed by atoms with Crippen molar-refractivity contribution in [2.45, 2.75) is 4.90 Å². The van der Waals surface area contributed by atoms with E-state index >= 15 is 0 Å². The molecule has 0 saturated carbocycles. The van der Waals surface area contributed by atoms with Crippen molar-refractivity contribution in [3.63, 3.8) is 0 Å². The summed E-state index contributed by atoms with van der Waals surface area (Å²) in [5.74, 6) is 2.20. The number of nitrogens with one attached hydrogen (secondary N) is 1. The second kappa shape index (κ2) is 7.50. The molecule has 0 aromatic carbocycles. The number of nitrogens with two attached hydrogens (primary N) is 1. The molecule has 0 aliphatic carbocycles. The molecule has 0 amide bonds. The van der Waals surface area contributed by atoms with Crippen molar-refractivity contribution in [2.24, 2.45) is 5.73 Å². The Hall–Kier alpha value is -0.740. The molecule has 0 unspecified atom stereocenters. The SMILES string of the molecule is NC(=S)c1ncccc1S(=O)(=O)NCCN1CCSCC1. The summed E-state index contributed by atoms with van der Waals surface area (Å²) in [5, 5.41) is 0. The van der Waals surface area contributed by atoms with Gasteiger partial charge < -0.3 is 10.6 Å². The predicted octanol–water partition coefficient (Wildman–Crippen LogP) is 0.0429. The maximum atomic E-state index is 12.3. The quantitative estimate of drug-likeness (QED) is 0.703. The van der Waals surface area contributed by atoms with E-state index in [0.29, 0.717) is 13.1 Å². The van der Waals surface area contributed by atoms with Crippen LogP contribution in [0.5, 0.6) is 0 Å². The number of hydrogen-bond acceptors (Lipinski definition) is 6. The summed E-state index contributed by atoms with van der Waals surface area (Å²) >= 11 is 6.77. The maximum Gasteiger partial charge on any atom is 0.242 e. The largest absolute Gasteiger partial charge is 0.388 e. The third-order valence-electron chi connectivity index (χ3n) is 3.12. The van der Waals surface area contributed by atoms with Crippen LogP contribution in [-0.2, 0) is 10.0 Å². The van der Waals surface area contributed by atoms with Crippen LogP contribution in [0.15, 0.2) is 23.2 Å². The van der Waals surface area contributed by atoms with Crippen molar-refractivity contribution < 1.29 is 8.42 Å². The summed E-state index contributed by atoms with van der Waals surface area (Å²) in [5.41, 5.74) is 5.66. The Labute approximate surface area is 134 Å². The van der Waals surface area contributed by atoms with E-state index in [9.17, 15) is 8.42 Å². The molecule has 2 rings (SSSR count). The smallest absolute Gasteiger partial charge is 0.242 e. The topological polar surface area (TPSA) is 88.3 Å². The van der Waals surface area contributed by atoms with Gasteiger partial charge in [-0.15, -0.1) is 0 Å². The lowest BCUT2D eigenvalue weighted by Gasteiger charge is -2.26. The average molecular weight is 347 g/mol. The molecule has 21 heavy (non-hydrogen) atoms. The number of pyridine rings is 1. The fourth-order valence-corrected chi connectivity index (χ4v) is 4.43. The summed E-state index contributed by atoms with van der Waals surface area (Å²) < 4.78 is 27.2. The molecular formula is C12H18N4O2S3. The molecule has 6 nitrogen and oxygen atoms in total. The molecule has 0 radical (unpaired) electrons. The van der Waals surface area contributed by atoms with Crippen molar-refractivity contribution in [3.05, 3.63) is 24.0 Å². The molecule has 3 N–H and O–H groups in total. The number of aromatic nitrogens is 1. The van der Waals surface area contributed by atoms with Crippen LogP contribution < -0.4 is 10.5 Å². The molecule has 0 atom stereocenters. The first kappa shape index (κ1) is 16.6. The normalized spacial score (nSPS) is 16.8. The van der Waals surface area contributed by atoms with Crippen molar-refractivity contribution >= 4 is 39.0 Å². The van der Waals surface area contributed by atoms with E-state index in [4.69, 9.17) is 18.0 Å². The Morgan fingerprint density at radius 1 is 1.48 bits per heavy atom. The number of thioether (sulfide) groups is 1. The Morgan fingerprint density at radius 3 is 2.86 bits per heavy atom. The van der Waals surface area contributed by atoms with Gasteiger partial charge in [0, 0.05) is 43.9 Å². The lowest BCUT2D eigenvalue weighted by atomic mass is 10.3. The van der Waals surface area contributed by atoms with Gasteiger partial charge in [-0.25, -0.2) is 13.1 Å². The zero-order valence-corrected chi connectivity index (χ0v) is 13.9. The van der Waals surface area contributed by atoms with Gasteiger partial charge in [0.2, 0.25) is 10.0 Å². The van der Waals surface area contributed by atoms with Crippen molar-refractivity contribution in [1.29, 1.82) is 0 Å². The van der Waals surface area contributed by atoms with E-state index in [1.165, 1.54) is 12.3 Å². The number of thiocarbonyl (C=S) groups is 1. The zero-order chi connectivity index (χ0) is 15.3. The van der Waals surface area contributed by atoms with Gasteiger partial charge in [0.1, 0.15) is 15.6 Å². The molecule has 1 saturated heterocycles. The van der Waals surface area contributed by atoms with Gasteiger partial charge in [0.15, 0.2) is 0 Å². The third kappa shape index (κ3) is 4.62. The maximum absolute atomic E-state index is 12.3. The molecule has 1 aromatic heterocycles. The monoisotopic (exact) mass is 346 g/mol. The first-order valence-corrected chi connectivity index (χ1v) is 9.60. The zero-order valence-electron chi connectivity index (χ0n) is 11.5. The van der Waals surface area contributed by atoms with Crippen LogP contribution in [0.25, 0.3) is 0 Å². The van der Waals surface area contributed by atoms with Crippen LogP contribution in [0.4, 0.5) is 0 Å². The molecule has 1 aromatic rings. The van der Waals surface area contributed by atoms with Gasteiger partial charge in [-0.2, -0.15) is 11.8 Å². The van der Waals surface area contributed by atoms with Crippen LogP contribution in [0.2, 0.25) is 0 Å². The molecule has 0 bridgehead atoms.